The van der Waals surface area contributed by atoms with E-state index in [0.29, 0.717) is 5.16 Å². The van der Waals surface area contributed by atoms with Crippen LogP contribution in [0, 0.1) is 0 Å². The van der Waals surface area contributed by atoms with Crippen LogP contribution < -0.4 is 16.0 Å². The fourth-order valence-electron chi connectivity index (χ4n) is 0.914. The lowest BCUT2D eigenvalue weighted by Crippen LogP contribution is -2.14. The lowest BCUT2D eigenvalue weighted by atomic mass is 10.4. The number of hydrogen-bond donors (Lipinski definition) is 2. The van der Waals surface area contributed by atoms with E-state index in [9.17, 15) is 13.2 Å². The summed E-state index contributed by atoms with van der Waals surface area (Å²) in [4.78, 5) is 7.83. The molecule has 0 saturated heterocycles. The number of nitrogens with two attached hydrogens (primary N) is 1. The Bertz CT molecular complexity index is 352. The van der Waals surface area contributed by atoms with Gasteiger partial charge in [-0.1, -0.05) is 11.8 Å². The van der Waals surface area contributed by atoms with Gasteiger partial charge in [-0.15, -0.1) is 0 Å². The molecule has 0 saturated carbocycles. The average Bonchev–Trinajstić information content (AvgIpc) is 2.26. The minimum Gasteiger partial charge on any atom is -0.477 e. The van der Waals surface area contributed by atoms with Crippen LogP contribution in [0.25, 0.3) is 0 Å². The number of anilines is 1. The Balaban J connectivity index is 2.64. The molecule has 1 aromatic heterocycles. The predicted molar refractivity (Wildman–Crippen MR) is 57.8 cm³/mol. The highest BCUT2D eigenvalue weighted by Gasteiger charge is 2.27. The Morgan fingerprint density at radius 2 is 2.18 bits per heavy atom. The lowest BCUT2D eigenvalue weighted by Gasteiger charge is -2.09. The first-order chi connectivity index (χ1) is 7.94. The Kier molecular flexibility index (Phi) is 4.82. The van der Waals surface area contributed by atoms with E-state index in [2.05, 4.69) is 15.4 Å². The molecule has 3 N–H and O–H groups in total. The maximum Gasteiger partial charge on any atom is 0.392 e. The van der Waals surface area contributed by atoms with Crippen LogP contribution in [0.15, 0.2) is 11.2 Å². The third-order valence-electron chi connectivity index (χ3n) is 1.65. The normalized spacial score (nSPS) is 11.4. The quantitative estimate of drug-likeness (QED) is 0.367. The first-order valence-electron chi connectivity index (χ1n) is 4.54. The summed E-state index contributed by atoms with van der Waals surface area (Å²) in [5.74, 6) is 5.50. The second-order valence-corrected chi connectivity index (χ2v) is 3.71. The molecule has 17 heavy (non-hydrogen) atoms. The second kappa shape index (κ2) is 5.92. The summed E-state index contributed by atoms with van der Waals surface area (Å²) in [5.41, 5.74) is 2.28. The van der Waals surface area contributed by atoms with Crippen molar-refractivity contribution in [1.82, 2.24) is 9.97 Å². The molecule has 0 radical (unpaired) electrons. The van der Waals surface area contributed by atoms with E-state index in [0.717, 1.165) is 0 Å². The van der Waals surface area contributed by atoms with Crippen molar-refractivity contribution in [3.63, 3.8) is 0 Å². The van der Waals surface area contributed by atoms with Crippen LogP contribution in [0.5, 0.6) is 5.88 Å². The SMILES string of the molecule is CSc1nc(NN)cc(OCCC(F)(F)F)n1. The molecule has 0 aliphatic heterocycles. The third-order valence-corrected chi connectivity index (χ3v) is 2.20. The van der Waals surface area contributed by atoms with Crippen molar-refractivity contribution in [2.75, 3.05) is 18.3 Å². The van der Waals surface area contributed by atoms with Gasteiger partial charge in [0.15, 0.2) is 5.16 Å². The third kappa shape index (κ3) is 5.09. The zero-order valence-electron chi connectivity index (χ0n) is 8.91. The number of hydrogen-bond acceptors (Lipinski definition) is 6. The fourth-order valence-corrected chi connectivity index (χ4v) is 1.29. The second-order valence-electron chi connectivity index (χ2n) is 2.94. The van der Waals surface area contributed by atoms with Gasteiger partial charge in [-0.25, -0.2) is 10.8 Å². The van der Waals surface area contributed by atoms with Crippen molar-refractivity contribution in [1.29, 1.82) is 0 Å². The lowest BCUT2D eigenvalue weighted by molar-refractivity contribution is -0.139. The highest BCUT2D eigenvalue weighted by atomic mass is 32.2. The van der Waals surface area contributed by atoms with Crippen molar-refractivity contribution in [2.45, 2.75) is 17.8 Å². The molecular formula is C8H11F3N4OS. The average molecular weight is 268 g/mol. The standard InChI is InChI=1S/C8H11F3N4OS/c1-17-7-13-5(15-12)4-6(14-7)16-3-2-8(9,10)11/h4H,2-3,12H2,1H3,(H,13,14,15). The summed E-state index contributed by atoms with van der Waals surface area (Å²) in [6, 6.07) is 1.33. The number of thioether (sulfide) groups is 1. The van der Waals surface area contributed by atoms with E-state index in [1.165, 1.54) is 17.8 Å². The van der Waals surface area contributed by atoms with Crippen molar-refractivity contribution >= 4 is 17.6 Å². The molecule has 0 fully saturated rings. The maximum atomic E-state index is 11.9. The Hall–Kier alpha value is -1.22. The van der Waals surface area contributed by atoms with Gasteiger partial charge < -0.3 is 10.2 Å². The van der Waals surface area contributed by atoms with Gasteiger partial charge in [0.25, 0.3) is 0 Å². The summed E-state index contributed by atoms with van der Waals surface area (Å²) < 4.78 is 40.6. The number of nitrogen functional groups attached to an aromatic ring is 1. The van der Waals surface area contributed by atoms with Gasteiger partial charge in [-0.2, -0.15) is 18.2 Å². The number of hydrazine groups is 1. The van der Waals surface area contributed by atoms with Crippen LogP contribution in [0.4, 0.5) is 19.0 Å². The minimum absolute atomic E-state index is 0.0570. The molecule has 1 heterocycles. The van der Waals surface area contributed by atoms with Gasteiger partial charge in [0.1, 0.15) is 5.82 Å². The van der Waals surface area contributed by atoms with Gasteiger partial charge in [-0.3, -0.25) is 0 Å². The Labute approximate surface area is 99.9 Å². The number of rotatable bonds is 5. The van der Waals surface area contributed by atoms with Crippen LogP contribution in [0.1, 0.15) is 6.42 Å². The summed E-state index contributed by atoms with van der Waals surface area (Å²) in [6.07, 6.45) is -3.55. The van der Waals surface area contributed by atoms with E-state index < -0.39 is 19.2 Å². The first kappa shape index (κ1) is 13.8. The number of nitrogens with zero attached hydrogens (tertiary/aromatic N) is 2. The summed E-state index contributed by atoms with van der Waals surface area (Å²) in [6.45, 7) is -0.488. The highest BCUT2D eigenvalue weighted by molar-refractivity contribution is 7.98. The van der Waals surface area contributed by atoms with Gasteiger partial charge >= 0.3 is 6.18 Å². The monoisotopic (exact) mass is 268 g/mol. The van der Waals surface area contributed by atoms with Crippen molar-refractivity contribution < 1.29 is 17.9 Å². The molecule has 96 valence electrons. The van der Waals surface area contributed by atoms with E-state index in [1.54, 1.807) is 6.26 Å². The van der Waals surface area contributed by atoms with Crippen LogP contribution in [0.2, 0.25) is 0 Å². The molecule has 0 bridgehead atoms. The van der Waals surface area contributed by atoms with Crippen molar-refractivity contribution in [3.8, 4) is 5.88 Å². The zero-order valence-corrected chi connectivity index (χ0v) is 9.73. The molecular weight excluding hydrogens is 257 g/mol. The summed E-state index contributed by atoms with van der Waals surface area (Å²) >= 11 is 1.23. The summed E-state index contributed by atoms with van der Waals surface area (Å²) in [5, 5.41) is 0.363. The predicted octanol–water partition coefficient (Wildman–Crippen LogP) is 1.82. The van der Waals surface area contributed by atoms with Crippen LogP contribution in [-0.4, -0.2) is 29.0 Å². The first-order valence-corrected chi connectivity index (χ1v) is 5.76. The van der Waals surface area contributed by atoms with Crippen molar-refractivity contribution in [3.05, 3.63) is 6.07 Å². The van der Waals surface area contributed by atoms with Crippen molar-refractivity contribution in [2.24, 2.45) is 5.84 Å². The topological polar surface area (TPSA) is 73.1 Å². The van der Waals surface area contributed by atoms with Gasteiger partial charge in [-0.05, 0) is 6.26 Å². The molecule has 5 nitrogen and oxygen atoms in total. The molecule has 0 atom stereocenters. The molecule has 9 heteroatoms. The van der Waals surface area contributed by atoms with Crippen LogP contribution in [0.3, 0.4) is 0 Å². The summed E-state index contributed by atoms with van der Waals surface area (Å²) in [7, 11) is 0. The highest BCUT2D eigenvalue weighted by Crippen LogP contribution is 2.21. The molecule has 0 amide bonds. The van der Waals surface area contributed by atoms with E-state index in [-0.39, 0.29) is 11.7 Å². The smallest absolute Gasteiger partial charge is 0.392 e. The zero-order chi connectivity index (χ0) is 12.9. The molecule has 1 aromatic rings. The molecule has 0 unspecified atom stereocenters. The molecule has 0 aromatic carbocycles. The largest absolute Gasteiger partial charge is 0.477 e. The van der Waals surface area contributed by atoms with E-state index >= 15 is 0 Å². The number of nitrogens with one attached hydrogen (secondary N) is 1. The van der Waals surface area contributed by atoms with Gasteiger partial charge in [0.05, 0.1) is 13.0 Å². The van der Waals surface area contributed by atoms with Crippen LogP contribution >= 0.6 is 11.8 Å². The number of aromatic nitrogens is 2. The molecule has 0 aliphatic rings. The maximum absolute atomic E-state index is 11.9. The number of ether oxygens (including phenoxy) is 1. The van der Waals surface area contributed by atoms with Gasteiger partial charge in [0, 0.05) is 6.07 Å². The Morgan fingerprint density at radius 3 is 2.71 bits per heavy atom. The Morgan fingerprint density at radius 1 is 1.47 bits per heavy atom. The fraction of sp³-hybridized carbons (Fsp3) is 0.500. The molecule has 0 aliphatic carbocycles. The van der Waals surface area contributed by atoms with E-state index in [1.807, 2.05) is 0 Å². The van der Waals surface area contributed by atoms with E-state index in [4.69, 9.17) is 10.6 Å². The molecule has 0 spiro atoms. The van der Waals surface area contributed by atoms with Gasteiger partial charge in [0.2, 0.25) is 5.88 Å². The molecule has 1 rings (SSSR count). The number of alkyl halides is 3. The van der Waals surface area contributed by atoms with Crippen LogP contribution in [-0.2, 0) is 0 Å². The number of halogens is 3. The minimum atomic E-state index is -4.25.